The van der Waals surface area contributed by atoms with E-state index >= 15 is 0 Å². The lowest BCUT2D eigenvalue weighted by Crippen LogP contribution is -2.29. The largest absolute Gasteiger partial charge is 0.496 e. The van der Waals surface area contributed by atoms with E-state index in [-0.39, 0.29) is 0 Å². The normalized spacial score (nSPS) is 18.2. The van der Waals surface area contributed by atoms with E-state index in [1.807, 2.05) is 0 Å². The smallest absolute Gasteiger partial charge is 0.127 e. The number of hydrogen-bond donors (Lipinski definition) is 0. The van der Waals surface area contributed by atoms with Crippen LogP contribution in [0.15, 0.2) is 192 Å². The summed E-state index contributed by atoms with van der Waals surface area (Å²) in [7, 11) is 3.52. The van der Waals surface area contributed by atoms with Crippen LogP contribution >= 0.6 is 0 Å². The molecule has 0 amide bonds. The SMILES string of the molecule is COc1ccc2cc(C3=C4C=CC5=CC=CC6=CC=C(C=C3)C4C56)ccc2c1-c1c(OC)ccc2cc(-c3ccc4ccc5cccc6ccc3c4c56)ccc12. The summed E-state index contributed by atoms with van der Waals surface area (Å²) in [6, 6.07) is 42.6. The van der Waals surface area contributed by atoms with E-state index in [1.54, 1.807) is 14.2 Å². The molecule has 264 valence electrons. The molecule has 0 aliphatic heterocycles. The van der Waals surface area contributed by atoms with E-state index in [1.165, 1.54) is 76.9 Å². The number of ether oxygens (including phenoxy) is 2. The Morgan fingerprint density at radius 2 is 1.00 bits per heavy atom. The van der Waals surface area contributed by atoms with Crippen LogP contribution in [-0.2, 0) is 0 Å². The van der Waals surface area contributed by atoms with Crippen molar-refractivity contribution in [2.45, 2.75) is 0 Å². The standard InChI is InChI=1S/C54H36O2/c1-55-47-27-19-39-29-37(41-21-13-35-11-9-31-5-3-7-33-15-25-45(41)51(35)49(31)33)17-23-43(39)53(47)54-44-24-18-38(30-40(44)20-28-48(54)56-2)42-22-14-36-12-10-32-6-4-8-34-16-26-46(42)52(36)50(32)34/h3-30,49,51H,1-2H3. The molecule has 56 heavy (non-hydrogen) atoms. The van der Waals surface area contributed by atoms with E-state index in [9.17, 15) is 0 Å². The van der Waals surface area contributed by atoms with Crippen LogP contribution in [0.25, 0.3) is 81.7 Å². The average molecular weight is 717 g/mol. The Kier molecular flexibility index (Phi) is 6.63. The van der Waals surface area contributed by atoms with Crippen LogP contribution in [0.3, 0.4) is 0 Å². The van der Waals surface area contributed by atoms with Crippen molar-refractivity contribution in [1.29, 1.82) is 0 Å². The van der Waals surface area contributed by atoms with Gasteiger partial charge in [-0.2, -0.15) is 0 Å². The lowest BCUT2D eigenvalue weighted by Gasteiger charge is -2.40. The molecule has 8 aromatic rings. The van der Waals surface area contributed by atoms with Crippen LogP contribution in [0.5, 0.6) is 11.5 Å². The predicted molar refractivity (Wildman–Crippen MR) is 235 cm³/mol. The van der Waals surface area contributed by atoms with Crippen LogP contribution in [0.2, 0.25) is 0 Å². The molecule has 0 N–H and O–H groups in total. The first-order valence-corrected chi connectivity index (χ1v) is 19.5. The van der Waals surface area contributed by atoms with Crippen LogP contribution in [0.4, 0.5) is 0 Å². The van der Waals surface area contributed by atoms with Crippen molar-refractivity contribution in [1.82, 2.24) is 0 Å². The average Bonchev–Trinajstić information content (AvgIpc) is 3.26. The maximum absolute atomic E-state index is 6.14. The molecule has 0 heterocycles. The van der Waals surface area contributed by atoms with Crippen molar-refractivity contribution in [2.75, 3.05) is 14.2 Å². The number of rotatable bonds is 5. The molecule has 2 heteroatoms. The molecule has 2 unspecified atom stereocenters. The van der Waals surface area contributed by atoms with Gasteiger partial charge in [-0.3, -0.25) is 0 Å². The van der Waals surface area contributed by atoms with Crippen LogP contribution < -0.4 is 9.47 Å². The summed E-state index contributed by atoms with van der Waals surface area (Å²) in [5.74, 6) is 2.36. The van der Waals surface area contributed by atoms with Gasteiger partial charge in [-0.1, -0.05) is 146 Å². The summed E-state index contributed by atoms with van der Waals surface area (Å²) in [6.45, 7) is 0. The summed E-state index contributed by atoms with van der Waals surface area (Å²) in [5.41, 5.74) is 12.6. The van der Waals surface area contributed by atoms with Gasteiger partial charge in [0.15, 0.2) is 0 Å². The molecule has 0 bridgehead atoms. The first-order valence-electron chi connectivity index (χ1n) is 19.5. The van der Waals surface area contributed by atoms with Crippen molar-refractivity contribution >= 4 is 59.4 Å². The lowest BCUT2D eigenvalue weighted by molar-refractivity contribution is 0.411. The summed E-state index contributed by atoms with van der Waals surface area (Å²) < 4.78 is 12.3. The molecule has 0 fully saturated rings. The van der Waals surface area contributed by atoms with Gasteiger partial charge in [0.05, 0.1) is 14.2 Å². The minimum absolute atomic E-state index is 0.338. The van der Waals surface area contributed by atoms with E-state index in [0.717, 1.165) is 44.2 Å². The van der Waals surface area contributed by atoms with Gasteiger partial charge in [0.1, 0.15) is 11.5 Å². The van der Waals surface area contributed by atoms with Crippen LogP contribution in [-0.4, -0.2) is 14.2 Å². The molecule has 2 atom stereocenters. The number of allylic oxidation sites excluding steroid dienone is 14. The summed E-state index contributed by atoms with van der Waals surface area (Å²) in [5, 5.41) is 12.3. The number of benzene rings is 8. The highest BCUT2D eigenvalue weighted by atomic mass is 16.5. The van der Waals surface area contributed by atoms with E-state index in [2.05, 4.69) is 170 Å². The van der Waals surface area contributed by atoms with Gasteiger partial charge in [-0.25, -0.2) is 0 Å². The van der Waals surface area contributed by atoms with Gasteiger partial charge >= 0.3 is 0 Å². The quantitative estimate of drug-likeness (QED) is 0.165. The second-order valence-electron chi connectivity index (χ2n) is 15.5. The Labute approximate surface area is 325 Å². The third kappa shape index (κ3) is 4.38. The molecule has 8 aromatic carbocycles. The van der Waals surface area contributed by atoms with Crippen molar-refractivity contribution in [3.05, 3.63) is 198 Å². The third-order valence-electron chi connectivity index (χ3n) is 12.8. The molecule has 0 saturated carbocycles. The van der Waals surface area contributed by atoms with Gasteiger partial charge in [0, 0.05) is 23.0 Å². The highest BCUT2D eigenvalue weighted by molar-refractivity contribution is 6.25. The predicted octanol–water partition coefficient (Wildman–Crippen LogP) is 13.7. The minimum atomic E-state index is 0.338. The van der Waals surface area contributed by atoms with Gasteiger partial charge in [0.25, 0.3) is 0 Å². The molecule has 0 saturated heterocycles. The zero-order chi connectivity index (χ0) is 37.1. The highest BCUT2D eigenvalue weighted by Gasteiger charge is 2.38. The molecule has 0 radical (unpaired) electrons. The molecular formula is C54H36O2. The summed E-state index contributed by atoms with van der Waals surface area (Å²) in [6.07, 6.45) is 20.6. The lowest BCUT2D eigenvalue weighted by atomic mass is 9.63. The van der Waals surface area contributed by atoms with Gasteiger partial charge in [0.2, 0.25) is 0 Å². The van der Waals surface area contributed by atoms with E-state index in [0.29, 0.717) is 11.8 Å². The highest BCUT2D eigenvalue weighted by Crippen LogP contribution is 2.52. The maximum Gasteiger partial charge on any atom is 0.127 e. The fraction of sp³-hybridized carbons (Fsp3) is 0.0741. The molecule has 0 spiro atoms. The monoisotopic (exact) mass is 716 g/mol. The van der Waals surface area contributed by atoms with Gasteiger partial charge < -0.3 is 9.47 Å². The first-order chi connectivity index (χ1) is 27.7. The van der Waals surface area contributed by atoms with E-state index in [4.69, 9.17) is 9.47 Å². The van der Waals surface area contributed by atoms with Gasteiger partial charge in [-0.05, 0) is 123 Å². The maximum atomic E-state index is 6.14. The van der Waals surface area contributed by atoms with E-state index < -0.39 is 0 Å². The van der Waals surface area contributed by atoms with Crippen molar-refractivity contribution < 1.29 is 9.47 Å². The van der Waals surface area contributed by atoms with Crippen LogP contribution in [0.1, 0.15) is 5.56 Å². The Balaban J connectivity index is 1.01. The molecule has 4 aliphatic carbocycles. The summed E-state index contributed by atoms with van der Waals surface area (Å²) in [4.78, 5) is 0. The number of fused-ring (bicyclic) bond motifs is 2. The second kappa shape index (κ2) is 11.8. The fourth-order valence-corrected chi connectivity index (χ4v) is 10.3. The molecule has 2 nitrogen and oxygen atoms in total. The number of hydrogen-bond acceptors (Lipinski definition) is 2. The van der Waals surface area contributed by atoms with Crippen molar-refractivity contribution in [3.63, 3.8) is 0 Å². The topological polar surface area (TPSA) is 18.5 Å². The minimum Gasteiger partial charge on any atom is -0.496 e. The summed E-state index contributed by atoms with van der Waals surface area (Å²) >= 11 is 0. The second-order valence-corrected chi connectivity index (χ2v) is 15.5. The third-order valence-corrected chi connectivity index (χ3v) is 12.8. The zero-order valence-corrected chi connectivity index (χ0v) is 31.1. The van der Waals surface area contributed by atoms with Crippen LogP contribution in [0, 0.1) is 11.8 Å². The Hall–Kier alpha value is -6.90. The Morgan fingerprint density at radius 3 is 1.73 bits per heavy atom. The zero-order valence-electron chi connectivity index (χ0n) is 31.1. The molecule has 4 aliphatic rings. The molecule has 0 aromatic heterocycles. The van der Waals surface area contributed by atoms with Crippen molar-refractivity contribution in [2.24, 2.45) is 11.8 Å². The Morgan fingerprint density at radius 1 is 0.429 bits per heavy atom. The Bertz CT molecular complexity index is 3250. The molecular weight excluding hydrogens is 681 g/mol. The fourth-order valence-electron chi connectivity index (χ4n) is 10.3. The van der Waals surface area contributed by atoms with Crippen molar-refractivity contribution in [3.8, 4) is 33.8 Å². The molecule has 12 rings (SSSR count). The number of methoxy groups -OCH3 is 2. The first kappa shape index (κ1) is 31.5. The van der Waals surface area contributed by atoms with Gasteiger partial charge in [-0.15, -0.1) is 0 Å².